The van der Waals surface area contributed by atoms with Gasteiger partial charge in [0.25, 0.3) is 0 Å². The Morgan fingerprint density at radius 2 is 1.88 bits per heavy atom. The smallest absolute Gasteiger partial charge is 0.326 e. The molecular weight excluding hydrogens is 330 g/mol. The average molecular weight is 354 g/mol. The first kappa shape index (κ1) is 20.2. The van der Waals surface area contributed by atoms with Crippen LogP contribution in [0.15, 0.2) is 18.2 Å². The molecule has 24 heavy (non-hydrogen) atoms. The van der Waals surface area contributed by atoms with E-state index in [1.165, 1.54) is 0 Å². The van der Waals surface area contributed by atoms with Crippen LogP contribution < -0.4 is 5.32 Å². The summed E-state index contributed by atoms with van der Waals surface area (Å²) in [5, 5.41) is 12.2. The largest absolute Gasteiger partial charge is 0.480 e. The number of nitrogens with one attached hydrogen (secondary N) is 1. The lowest BCUT2D eigenvalue weighted by molar-refractivity contribution is -0.142. The first-order valence-electron chi connectivity index (χ1n) is 7.98. The highest BCUT2D eigenvalue weighted by molar-refractivity contribution is 6.31. The fourth-order valence-corrected chi connectivity index (χ4v) is 2.46. The topological polar surface area (TPSA) is 83.5 Å². The van der Waals surface area contributed by atoms with Crippen LogP contribution in [-0.2, 0) is 20.8 Å². The minimum atomic E-state index is -1.06. The lowest BCUT2D eigenvalue weighted by Crippen LogP contribution is -2.41. The molecule has 0 bridgehead atoms. The molecule has 0 aliphatic carbocycles. The SMILES string of the molecule is Cc1cc(CC(=O)CCC(=O)NC(CC(C)C)C(=O)O)ccc1Cl. The van der Waals surface area contributed by atoms with E-state index in [0.29, 0.717) is 11.4 Å². The summed E-state index contributed by atoms with van der Waals surface area (Å²) in [5.41, 5.74) is 1.75. The molecule has 1 amide bonds. The fraction of sp³-hybridized carbons (Fsp3) is 0.500. The number of aryl methyl sites for hydroxylation is 1. The molecule has 2 N–H and O–H groups in total. The van der Waals surface area contributed by atoms with E-state index in [1.807, 2.05) is 26.8 Å². The lowest BCUT2D eigenvalue weighted by atomic mass is 10.0. The number of benzene rings is 1. The molecule has 0 saturated carbocycles. The van der Waals surface area contributed by atoms with Gasteiger partial charge in [-0.1, -0.05) is 37.6 Å². The van der Waals surface area contributed by atoms with E-state index in [0.717, 1.165) is 11.1 Å². The highest BCUT2D eigenvalue weighted by Gasteiger charge is 2.21. The van der Waals surface area contributed by atoms with Gasteiger partial charge in [0.05, 0.1) is 0 Å². The van der Waals surface area contributed by atoms with Gasteiger partial charge in [-0.3, -0.25) is 9.59 Å². The fourth-order valence-electron chi connectivity index (χ4n) is 2.35. The van der Waals surface area contributed by atoms with Crippen molar-refractivity contribution in [1.82, 2.24) is 5.32 Å². The highest BCUT2D eigenvalue weighted by Crippen LogP contribution is 2.17. The van der Waals surface area contributed by atoms with E-state index in [9.17, 15) is 14.4 Å². The van der Waals surface area contributed by atoms with Gasteiger partial charge in [0.2, 0.25) is 5.91 Å². The molecule has 0 aromatic heterocycles. The number of carbonyl (C=O) groups is 3. The van der Waals surface area contributed by atoms with Crippen molar-refractivity contribution >= 4 is 29.3 Å². The molecule has 0 fully saturated rings. The van der Waals surface area contributed by atoms with E-state index >= 15 is 0 Å². The van der Waals surface area contributed by atoms with Crippen molar-refractivity contribution in [2.75, 3.05) is 0 Å². The van der Waals surface area contributed by atoms with Crippen LogP contribution in [0.25, 0.3) is 0 Å². The Balaban J connectivity index is 2.46. The minimum Gasteiger partial charge on any atom is -0.480 e. The van der Waals surface area contributed by atoms with Crippen molar-refractivity contribution in [3.63, 3.8) is 0 Å². The van der Waals surface area contributed by atoms with Crippen molar-refractivity contribution in [3.8, 4) is 0 Å². The molecule has 0 heterocycles. The van der Waals surface area contributed by atoms with Crippen LogP contribution in [0.1, 0.15) is 44.2 Å². The Bertz CT molecular complexity index is 613. The molecule has 0 spiro atoms. The summed E-state index contributed by atoms with van der Waals surface area (Å²) in [6, 6.07) is 4.47. The maximum absolute atomic E-state index is 12.0. The molecular formula is C18H24ClNO4. The molecule has 1 atom stereocenters. The number of carboxylic acids is 1. The van der Waals surface area contributed by atoms with E-state index in [4.69, 9.17) is 16.7 Å². The number of halogens is 1. The Morgan fingerprint density at radius 3 is 2.42 bits per heavy atom. The third kappa shape index (κ3) is 7.13. The van der Waals surface area contributed by atoms with Gasteiger partial charge >= 0.3 is 5.97 Å². The van der Waals surface area contributed by atoms with Crippen LogP contribution in [-0.4, -0.2) is 28.8 Å². The van der Waals surface area contributed by atoms with Crippen molar-refractivity contribution in [3.05, 3.63) is 34.3 Å². The summed E-state index contributed by atoms with van der Waals surface area (Å²) in [7, 11) is 0. The summed E-state index contributed by atoms with van der Waals surface area (Å²) < 4.78 is 0. The van der Waals surface area contributed by atoms with E-state index in [1.54, 1.807) is 12.1 Å². The monoisotopic (exact) mass is 353 g/mol. The van der Waals surface area contributed by atoms with Crippen LogP contribution in [0, 0.1) is 12.8 Å². The van der Waals surface area contributed by atoms with Crippen molar-refractivity contribution < 1.29 is 19.5 Å². The number of Topliss-reactive ketones (excluding diaryl/α,β-unsaturated/α-hetero) is 1. The molecule has 0 aliphatic rings. The maximum Gasteiger partial charge on any atom is 0.326 e. The summed E-state index contributed by atoms with van der Waals surface area (Å²) in [4.78, 5) is 34.9. The Kier molecular flexibility index (Phi) is 7.92. The van der Waals surface area contributed by atoms with Gasteiger partial charge in [-0.25, -0.2) is 4.79 Å². The second kappa shape index (κ2) is 9.42. The molecule has 1 aromatic carbocycles. The van der Waals surface area contributed by atoms with Gasteiger partial charge < -0.3 is 10.4 Å². The van der Waals surface area contributed by atoms with Crippen molar-refractivity contribution in [2.45, 2.75) is 52.5 Å². The second-order valence-corrected chi connectivity index (χ2v) is 6.79. The van der Waals surface area contributed by atoms with Gasteiger partial charge in [-0.15, -0.1) is 0 Å². The Morgan fingerprint density at radius 1 is 1.21 bits per heavy atom. The molecule has 1 aromatic rings. The van der Waals surface area contributed by atoms with E-state index in [-0.39, 0.29) is 31.0 Å². The molecule has 132 valence electrons. The summed E-state index contributed by atoms with van der Waals surface area (Å²) in [5.74, 6) is -1.38. The zero-order valence-electron chi connectivity index (χ0n) is 14.3. The maximum atomic E-state index is 12.0. The van der Waals surface area contributed by atoms with Gasteiger partial charge in [0, 0.05) is 24.3 Å². The number of hydrogen-bond acceptors (Lipinski definition) is 3. The minimum absolute atomic E-state index is 0.00667. The zero-order valence-corrected chi connectivity index (χ0v) is 15.0. The third-order valence-corrected chi connectivity index (χ3v) is 4.02. The van der Waals surface area contributed by atoms with Gasteiger partial charge in [-0.05, 0) is 36.5 Å². The number of aliphatic carboxylic acids is 1. The average Bonchev–Trinajstić information content (AvgIpc) is 2.48. The number of carbonyl (C=O) groups excluding carboxylic acids is 2. The predicted molar refractivity (Wildman–Crippen MR) is 93.2 cm³/mol. The van der Waals surface area contributed by atoms with Crippen LogP contribution in [0.4, 0.5) is 0 Å². The normalized spacial score (nSPS) is 12.0. The molecule has 1 rings (SSSR count). The van der Waals surface area contributed by atoms with Crippen LogP contribution >= 0.6 is 11.6 Å². The predicted octanol–water partition coefficient (Wildman–Crippen LogP) is 3.16. The number of hydrogen-bond donors (Lipinski definition) is 2. The van der Waals surface area contributed by atoms with E-state index < -0.39 is 17.9 Å². The first-order valence-corrected chi connectivity index (χ1v) is 8.35. The van der Waals surface area contributed by atoms with Crippen molar-refractivity contribution in [1.29, 1.82) is 0 Å². The summed E-state index contributed by atoms with van der Waals surface area (Å²) in [6.07, 6.45) is 0.674. The highest BCUT2D eigenvalue weighted by atomic mass is 35.5. The van der Waals surface area contributed by atoms with Crippen LogP contribution in [0.2, 0.25) is 5.02 Å². The molecule has 6 heteroatoms. The summed E-state index contributed by atoms with van der Waals surface area (Å²) >= 11 is 5.94. The number of amides is 1. The molecule has 0 saturated heterocycles. The summed E-state index contributed by atoms with van der Waals surface area (Å²) in [6.45, 7) is 5.64. The van der Waals surface area contributed by atoms with E-state index in [2.05, 4.69) is 5.32 Å². The zero-order chi connectivity index (χ0) is 18.3. The quantitative estimate of drug-likeness (QED) is 0.714. The number of ketones is 1. The van der Waals surface area contributed by atoms with Crippen LogP contribution in [0.5, 0.6) is 0 Å². The van der Waals surface area contributed by atoms with Gasteiger partial charge in [0.15, 0.2) is 0 Å². The first-order chi connectivity index (χ1) is 11.2. The lowest BCUT2D eigenvalue weighted by Gasteiger charge is -2.16. The van der Waals surface area contributed by atoms with Gasteiger partial charge in [0.1, 0.15) is 11.8 Å². The van der Waals surface area contributed by atoms with Crippen LogP contribution in [0.3, 0.4) is 0 Å². The Hall–Kier alpha value is -1.88. The van der Waals surface area contributed by atoms with Crippen molar-refractivity contribution in [2.24, 2.45) is 5.92 Å². The molecule has 5 nitrogen and oxygen atoms in total. The molecule has 0 aliphatic heterocycles. The second-order valence-electron chi connectivity index (χ2n) is 6.39. The molecule has 0 radical (unpaired) electrons. The Labute approximate surface area is 147 Å². The third-order valence-electron chi connectivity index (χ3n) is 3.59. The standard InChI is InChI=1S/C18H24ClNO4/c1-11(2)8-16(18(23)24)20-17(22)7-5-14(21)10-13-4-6-15(19)12(3)9-13/h4,6,9,11,16H,5,7-8,10H2,1-3H3,(H,20,22)(H,23,24). The molecule has 1 unspecified atom stereocenters. The number of rotatable bonds is 9. The number of carboxylic acid groups (broad SMARTS) is 1. The van der Waals surface area contributed by atoms with Gasteiger partial charge in [-0.2, -0.15) is 0 Å².